The van der Waals surface area contributed by atoms with Crippen LogP contribution in [0.3, 0.4) is 0 Å². The van der Waals surface area contributed by atoms with E-state index in [1.54, 1.807) is 10.8 Å². The molecule has 0 aliphatic carbocycles. The minimum atomic E-state index is 0.786. The maximum atomic E-state index is 5.37. The van der Waals surface area contributed by atoms with Gasteiger partial charge in [-0.1, -0.05) is 24.3 Å². The van der Waals surface area contributed by atoms with Gasteiger partial charge in [-0.3, -0.25) is 4.90 Å². The van der Waals surface area contributed by atoms with Crippen LogP contribution in [-0.4, -0.2) is 64.1 Å². The molecule has 1 N–H and O–H groups in total. The predicted octanol–water partition coefficient (Wildman–Crippen LogP) is 1.02. The van der Waals surface area contributed by atoms with Crippen molar-refractivity contribution in [1.29, 1.82) is 0 Å². The third kappa shape index (κ3) is 2.49. The molecule has 0 radical (unpaired) electrons. The fourth-order valence-corrected chi connectivity index (χ4v) is 2.81. The molecule has 7 nitrogen and oxygen atoms in total. The van der Waals surface area contributed by atoms with Gasteiger partial charge in [0.1, 0.15) is 6.33 Å². The summed E-state index contributed by atoms with van der Waals surface area (Å²) < 4.78 is 7.09. The van der Waals surface area contributed by atoms with Gasteiger partial charge in [0.25, 0.3) is 0 Å². The molecule has 1 aliphatic rings. The van der Waals surface area contributed by atoms with Gasteiger partial charge >= 0.3 is 0 Å². The number of ether oxygens (including phenoxy) is 1. The molecule has 0 amide bonds. The Labute approximate surface area is 127 Å². The minimum absolute atomic E-state index is 0.786. The highest BCUT2D eigenvalue weighted by Gasteiger charge is 2.12. The molecule has 1 aromatic carbocycles. The van der Waals surface area contributed by atoms with Crippen molar-refractivity contribution >= 4 is 22.2 Å². The van der Waals surface area contributed by atoms with Crippen molar-refractivity contribution in [2.45, 2.75) is 0 Å². The SMILES string of the molecule is c1ccc2c(c1)c(NCCN1CCOCC1)nn1cnnc21. The third-order valence-electron chi connectivity index (χ3n) is 3.99. The largest absolute Gasteiger partial charge is 0.379 e. The van der Waals surface area contributed by atoms with Crippen molar-refractivity contribution in [2.24, 2.45) is 0 Å². The average Bonchev–Trinajstić information content (AvgIpc) is 3.04. The van der Waals surface area contributed by atoms with Crippen LogP contribution in [0.25, 0.3) is 16.4 Å². The highest BCUT2D eigenvalue weighted by molar-refractivity contribution is 5.99. The van der Waals surface area contributed by atoms with Crippen LogP contribution >= 0.6 is 0 Å². The van der Waals surface area contributed by atoms with Gasteiger partial charge in [-0.2, -0.15) is 4.52 Å². The van der Waals surface area contributed by atoms with E-state index >= 15 is 0 Å². The number of morpholine rings is 1. The van der Waals surface area contributed by atoms with Crippen molar-refractivity contribution < 1.29 is 4.74 Å². The van der Waals surface area contributed by atoms with E-state index in [-0.39, 0.29) is 0 Å². The maximum Gasteiger partial charge on any atom is 0.185 e. The van der Waals surface area contributed by atoms with Crippen LogP contribution in [0.4, 0.5) is 5.82 Å². The van der Waals surface area contributed by atoms with Crippen LogP contribution < -0.4 is 5.32 Å². The molecule has 0 spiro atoms. The smallest absolute Gasteiger partial charge is 0.185 e. The summed E-state index contributed by atoms with van der Waals surface area (Å²) in [6.07, 6.45) is 1.63. The van der Waals surface area contributed by atoms with E-state index in [0.717, 1.165) is 61.6 Å². The first kappa shape index (κ1) is 13.4. The molecule has 114 valence electrons. The van der Waals surface area contributed by atoms with E-state index in [0.29, 0.717) is 0 Å². The molecular weight excluding hydrogens is 280 g/mol. The molecule has 3 heterocycles. The topological polar surface area (TPSA) is 67.6 Å². The van der Waals surface area contributed by atoms with Gasteiger partial charge in [-0.05, 0) is 0 Å². The van der Waals surface area contributed by atoms with Gasteiger partial charge in [-0.25, -0.2) is 0 Å². The Bertz CT molecular complexity index is 780. The molecule has 3 aromatic rings. The lowest BCUT2D eigenvalue weighted by Gasteiger charge is -2.26. The Balaban J connectivity index is 1.57. The molecule has 0 atom stereocenters. The number of hydrogen-bond donors (Lipinski definition) is 1. The highest BCUT2D eigenvalue weighted by atomic mass is 16.5. The first-order chi connectivity index (χ1) is 10.9. The van der Waals surface area contributed by atoms with Gasteiger partial charge in [0.05, 0.1) is 13.2 Å². The summed E-state index contributed by atoms with van der Waals surface area (Å²) in [5.41, 5.74) is 0.786. The zero-order valence-electron chi connectivity index (χ0n) is 12.3. The number of benzene rings is 1. The van der Waals surface area contributed by atoms with Gasteiger partial charge in [0.2, 0.25) is 0 Å². The van der Waals surface area contributed by atoms with E-state index in [9.17, 15) is 0 Å². The second-order valence-electron chi connectivity index (χ2n) is 5.37. The number of aromatic nitrogens is 4. The van der Waals surface area contributed by atoms with E-state index in [4.69, 9.17) is 4.74 Å². The summed E-state index contributed by atoms with van der Waals surface area (Å²) in [7, 11) is 0. The average molecular weight is 298 g/mol. The van der Waals surface area contributed by atoms with Crippen molar-refractivity contribution in [3.63, 3.8) is 0 Å². The van der Waals surface area contributed by atoms with Crippen molar-refractivity contribution in [3.8, 4) is 0 Å². The Morgan fingerprint density at radius 3 is 2.82 bits per heavy atom. The summed E-state index contributed by atoms with van der Waals surface area (Å²) >= 11 is 0. The number of fused-ring (bicyclic) bond motifs is 3. The quantitative estimate of drug-likeness (QED) is 0.776. The fraction of sp³-hybridized carbons (Fsp3) is 0.400. The Hall–Kier alpha value is -2.25. The molecule has 0 unspecified atom stereocenters. The van der Waals surface area contributed by atoms with Gasteiger partial charge in [-0.15, -0.1) is 15.3 Å². The lowest BCUT2D eigenvalue weighted by molar-refractivity contribution is 0.0398. The lowest BCUT2D eigenvalue weighted by Crippen LogP contribution is -2.39. The number of hydrogen-bond acceptors (Lipinski definition) is 6. The first-order valence-corrected chi connectivity index (χ1v) is 7.54. The normalized spacial score (nSPS) is 16.4. The monoisotopic (exact) mass is 298 g/mol. The molecule has 22 heavy (non-hydrogen) atoms. The summed E-state index contributed by atoms with van der Waals surface area (Å²) in [4.78, 5) is 2.40. The van der Waals surface area contributed by atoms with Crippen LogP contribution in [-0.2, 0) is 4.74 Å². The highest BCUT2D eigenvalue weighted by Crippen LogP contribution is 2.23. The summed E-state index contributed by atoms with van der Waals surface area (Å²) in [5.74, 6) is 0.871. The Kier molecular flexibility index (Phi) is 3.57. The van der Waals surface area contributed by atoms with Crippen LogP contribution in [0.15, 0.2) is 30.6 Å². The second-order valence-corrected chi connectivity index (χ2v) is 5.37. The summed E-state index contributed by atoms with van der Waals surface area (Å²) in [6, 6.07) is 8.14. The van der Waals surface area contributed by atoms with Crippen molar-refractivity contribution in [3.05, 3.63) is 30.6 Å². The fourth-order valence-electron chi connectivity index (χ4n) is 2.81. The molecule has 0 saturated carbocycles. The zero-order chi connectivity index (χ0) is 14.8. The molecule has 4 rings (SSSR count). The predicted molar refractivity (Wildman–Crippen MR) is 84.0 cm³/mol. The van der Waals surface area contributed by atoms with Gasteiger partial charge < -0.3 is 10.1 Å². The molecule has 1 saturated heterocycles. The number of nitrogens with one attached hydrogen (secondary N) is 1. The van der Waals surface area contributed by atoms with Crippen LogP contribution in [0, 0.1) is 0 Å². The minimum Gasteiger partial charge on any atom is -0.379 e. The molecule has 2 aromatic heterocycles. The van der Waals surface area contributed by atoms with E-state index < -0.39 is 0 Å². The van der Waals surface area contributed by atoms with Crippen molar-refractivity contribution in [2.75, 3.05) is 44.7 Å². The van der Waals surface area contributed by atoms with E-state index in [1.165, 1.54) is 0 Å². The molecule has 1 aliphatic heterocycles. The Morgan fingerprint density at radius 2 is 1.95 bits per heavy atom. The molecule has 7 heteroatoms. The second kappa shape index (κ2) is 5.86. The Morgan fingerprint density at radius 1 is 1.14 bits per heavy atom. The van der Waals surface area contributed by atoms with E-state index in [1.807, 2.05) is 18.2 Å². The first-order valence-electron chi connectivity index (χ1n) is 7.54. The van der Waals surface area contributed by atoms with Crippen LogP contribution in [0.2, 0.25) is 0 Å². The van der Waals surface area contributed by atoms with Gasteiger partial charge in [0, 0.05) is 37.0 Å². The number of anilines is 1. The van der Waals surface area contributed by atoms with Crippen LogP contribution in [0.1, 0.15) is 0 Å². The number of rotatable bonds is 4. The summed E-state index contributed by atoms with van der Waals surface area (Å²) in [6.45, 7) is 5.49. The molecular formula is C15H18N6O. The van der Waals surface area contributed by atoms with Crippen LogP contribution in [0.5, 0.6) is 0 Å². The van der Waals surface area contributed by atoms with Gasteiger partial charge in [0.15, 0.2) is 11.5 Å². The zero-order valence-corrected chi connectivity index (χ0v) is 12.3. The lowest BCUT2D eigenvalue weighted by atomic mass is 10.2. The third-order valence-corrected chi connectivity index (χ3v) is 3.99. The standard InChI is InChI=1S/C15H18N6O/c1-2-4-13-12(3-1)14(19-21-11-17-18-15(13)21)16-5-6-20-7-9-22-10-8-20/h1-4,11H,5-10H2,(H,16,19). The molecule has 0 bridgehead atoms. The van der Waals surface area contributed by atoms with E-state index in [2.05, 4.69) is 31.6 Å². The van der Waals surface area contributed by atoms with Crippen molar-refractivity contribution in [1.82, 2.24) is 24.7 Å². The summed E-state index contributed by atoms with van der Waals surface area (Å²) in [5, 5.41) is 18.3. The molecule has 1 fully saturated rings. The maximum absolute atomic E-state index is 5.37. The number of nitrogens with zero attached hydrogens (tertiary/aromatic N) is 5.